The Hall–Kier alpha value is -0.0600. The minimum atomic E-state index is 0.114. The second-order valence-corrected chi connectivity index (χ2v) is 8.54. The van der Waals surface area contributed by atoms with E-state index >= 15 is 0 Å². The molecular weight excluding hydrogens is 311 g/mol. The van der Waals surface area contributed by atoms with Gasteiger partial charge in [-0.3, -0.25) is 4.68 Å². The van der Waals surface area contributed by atoms with Gasteiger partial charge in [0.15, 0.2) is 0 Å². The molecule has 1 rings (SSSR count). The molecule has 92 valence electrons. The second-order valence-electron chi connectivity index (χ2n) is 5.85. The molecule has 0 fully saturated rings. The maximum absolute atomic E-state index is 4.78. The third-order valence-electron chi connectivity index (χ3n) is 2.81. The summed E-state index contributed by atoms with van der Waals surface area (Å²) in [5.41, 5.74) is 4.07. The quantitative estimate of drug-likeness (QED) is 0.586. The van der Waals surface area contributed by atoms with E-state index in [1.165, 1.54) is 17.0 Å². The molecule has 0 spiro atoms. The Kier molecular flexibility index (Phi) is 3.78. The third kappa shape index (κ3) is 2.60. The fourth-order valence-electron chi connectivity index (χ4n) is 2.09. The summed E-state index contributed by atoms with van der Waals surface area (Å²) in [5.74, 6) is 0. The van der Waals surface area contributed by atoms with Crippen LogP contribution in [-0.2, 0) is 15.4 Å². The van der Waals surface area contributed by atoms with Crippen molar-refractivity contribution in [1.29, 1.82) is 0 Å². The second kappa shape index (κ2) is 4.31. The first-order chi connectivity index (χ1) is 7.09. The molecule has 16 heavy (non-hydrogen) atoms. The van der Waals surface area contributed by atoms with Crippen molar-refractivity contribution in [2.24, 2.45) is 0 Å². The Morgan fingerprint density at radius 3 is 1.94 bits per heavy atom. The predicted molar refractivity (Wildman–Crippen MR) is 78.4 cm³/mol. The third-order valence-corrected chi connectivity index (χ3v) is 3.35. The SMILES string of the molecule is CCn1nc(C(C)(C)C)c(C(C)(C)I)c1C. The Balaban J connectivity index is 3.50. The van der Waals surface area contributed by atoms with E-state index in [0.717, 1.165) is 6.54 Å². The van der Waals surface area contributed by atoms with Gasteiger partial charge in [-0.05, 0) is 27.7 Å². The predicted octanol–water partition coefficient (Wildman–Crippen LogP) is 4.18. The highest BCUT2D eigenvalue weighted by Gasteiger charge is 2.32. The molecule has 0 saturated heterocycles. The van der Waals surface area contributed by atoms with Crippen LogP contribution in [0.15, 0.2) is 0 Å². The van der Waals surface area contributed by atoms with Crippen molar-refractivity contribution in [3.8, 4) is 0 Å². The lowest BCUT2D eigenvalue weighted by atomic mass is 9.85. The van der Waals surface area contributed by atoms with Crippen LogP contribution in [0.2, 0.25) is 0 Å². The molecular formula is C13H23IN2. The molecule has 0 aliphatic heterocycles. The largest absolute Gasteiger partial charge is 0.270 e. The molecule has 1 aromatic rings. The molecule has 0 atom stereocenters. The Labute approximate surface area is 113 Å². The standard InChI is InChI=1S/C13H23IN2/c1-8-16-9(2)10(13(6,7)14)11(15-16)12(3,4)5/h8H2,1-7H3. The van der Waals surface area contributed by atoms with E-state index in [9.17, 15) is 0 Å². The zero-order chi connectivity index (χ0) is 12.7. The maximum Gasteiger partial charge on any atom is 0.0726 e. The van der Waals surface area contributed by atoms with Crippen molar-refractivity contribution < 1.29 is 0 Å². The zero-order valence-corrected chi connectivity index (χ0v) is 13.6. The fourth-order valence-corrected chi connectivity index (χ4v) is 2.74. The van der Waals surface area contributed by atoms with E-state index in [4.69, 9.17) is 5.10 Å². The number of alkyl halides is 1. The molecule has 0 aliphatic rings. The van der Waals surface area contributed by atoms with Gasteiger partial charge in [0.2, 0.25) is 0 Å². The molecule has 0 unspecified atom stereocenters. The highest BCUT2D eigenvalue weighted by Crippen LogP contribution is 2.39. The summed E-state index contributed by atoms with van der Waals surface area (Å²) < 4.78 is 2.26. The Morgan fingerprint density at radius 1 is 1.19 bits per heavy atom. The van der Waals surface area contributed by atoms with E-state index in [1.807, 2.05) is 0 Å². The molecule has 2 nitrogen and oxygen atoms in total. The van der Waals surface area contributed by atoms with Crippen molar-refractivity contribution in [3.05, 3.63) is 17.0 Å². The smallest absolute Gasteiger partial charge is 0.0726 e. The number of nitrogens with zero attached hydrogens (tertiary/aromatic N) is 2. The van der Waals surface area contributed by atoms with Gasteiger partial charge in [-0.1, -0.05) is 43.4 Å². The summed E-state index contributed by atoms with van der Waals surface area (Å²) in [7, 11) is 0. The van der Waals surface area contributed by atoms with Crippen LogP contribution in [0.3, 0.4) is 0 Å². The normalized spacial score (nSPS) is 13.2. The van der Waals surface area contributed by atoms with Crippen LogP contribution in [0.1, 0.15) is 58.5 Å². The first kappa shape index (κ1) is 14.0. The number of hydrogen-bond acceptors (Lipinski definition) is 1. The van der Waals surface area contributed by atoms with Crippen molar-refractivity contribution in [1.82, 2.24) is 9.78 Å². The number of hydrogen-bond donors (Lipinski definition) is 0. The summed E-state index contributed by atoms with van der Waals surface area (Å²) in [6.07, 6.45) is 0. The highest BCUT2D eigenvalue weighted by atomic mass is 127. The maximum atomic E-state index is 4.78. The molecule has 1 heterocycles. The molecule has 0 amide bonds. The van der Waals surface area contributed by atoms with Gasteiger partial charge >= 0.3 is 0 Å². The zero-order valence-electron chi connectivity index (χ0n) is 11.5. The molecule has 0 aliphatic carbocycles. The van der Waals surface area contributed by atoms with E-state index in [1.54, 1.807) is 0 Å². The van der Waals surface area contributed by atoms with Gasteiger partial charge in [0, 0.05) is 26.6 Å². The first-order valence-electron chi connectivity index (χ1n) is 5.86. The van der Waals surface area contributed by atoms with Gasteiger partial charge in [-0.2, -0.15) is 5.10 Å². The molecule has 0 aromatic carbocycles. The lowest BCUT2D eigenvalue weighted by Gasteiger charge is -2.24. The lowest BCUT2D eigenvalue weighted by Crippen LogP contribution is -2.19. The number of rotatable bonds is 2. The fraction of sp³-hybridized carbons (Fsp3) is 0.769. The van der Waals surface area contributed by atoms with E-state index in [2.05, 4.69) is 75.7 Å². The van der Waals surface area contributed by atoms with Gasteiger partial charge in [0.1, 0.15) is 0 Å². The van der Waals surface area contributed by atoms with E-state index in [0.29, 0.717) is 0 Å². The molecule has 0 radical (unpaired) electrons. The Bertz CT molecular complexity index is 378. The van der Waals surface area contributed by atoms with Crippen molar-refractivity contribution in [2.45, 2.75) is 63.8 Å². The molecule has 0 N–H and O–H groups in total. The summed E-state index contributed by atoms with van der Waals surface area (Å²) in [5, 5.41) is 4.78. The van der Waals surface area contributed by atoms with Crippen LogP contribution in [0.4, 0.5) is 0 Å². The minimum absolute atomic E-state index is 0.114. The van der Waals surface area contributed by atoms with Crippen molar-refractivity contribution in [2.75, 3.05) is 0 Å². The molecule has 1 aromatic heterocycles. The van der Waals surface area contributed by atoms with Gasteiger partial charge in [-0.25, -0.2) is 0 Å². The molecule has 3 heteroatoms. The number of aromatic nitrogens is 2. The van der Waals surface area contributed by atoms with Crippen molar-refractivity contribution in [3.63, 3.8) is 0 Å². The summed E-state index contributed by atoms with van der Waals surface area (Å²) in [6.45, 7) is 16.5. The van der Waals surface area contributed by atoms with E-state index < -0.39 is 0 Å². The van der Waals surface area contributed by atoms with Crippen molar-refractivity contribution >= 4 is 22.6 Å². The van der Waals surface area contributed by atoms with Gasteiger partial charge in [-0.15, -0.1) is 0 Å². The first-order valence-corrected chi connectivity index (χ1v) is 6.94. The summed E-state index contributed by atoms with van der Waals surface area (Å²) in [6, 6.07) is 0. The minimum Gasteiger partial charge on any atom is -0.270 e. The van der Waals surface area contributed by atoms with Gasteiger partial charge in [0.05, 0.1) is 5.69 Å². The van der Waals surface area contributed by atoms with Crippen LogP contribution in [0, 0.1) is 6.92 Å². The topological polar surface area (TPSA) is 17.8 Å². The van der Waals surface area contributed by atoms with Crippen LogP contribution in [0.25, 0.3) is 0 Å². The average molecular weight is 334 g/mol. The van der Waals surface area contributed by atoms with Crippen LogP contribution in [0.5, 0.6) is 0 Å². The van der Waals surface area contributed by atoms with Crippen LogP contribution >= 0.6 is 22.6 Å². The monoisotopic (exact) mass is 334 g/mol. The highest BCUT2D eigenvalue weighted by molar-refractivity contribution is 14.1. The van der Waals surface area contributed by atoms with E-state index in [-0.39, 0.29) is 8.84 Å². The van der Waals surface area contributed by atoms with Crippen LogP contribution < -0.4 is 0 Å². The number of aryl methyl sites for hydroxylation is 1. The molecule has 0 bridgehead atoms. The molecule has 0 saturated carbocycles. The van der Waals surface area contributed by atoms with Gasteiger partial charge in [0.25, 0.3) is 0 Å². The Morgan fingerprint density at radius 2 is 1.69 bits per heavy atom. The summed E-state index contributed by atoms with van der Waals surface area (Å²) in [4.78, 5) is 0. The van der Waals surface area contributed by atoms with Crippen LogP contribution in [-0.4, -0.2) is 9.78 Å². The lowest BCUT2D eigenvalue weighted by molar-refractivity contribution is 0.533. The van der Waals surface area contributed by atoms with Gasteiger partial charge < -0.3 is 0 Å². The number of halogens is 1. The summed E-state index contributed by atoms with van der Waals surface area (Å²) >= 11 is 2.51. The average Bonchev–Trinajstić information content (AvgIpc) is 2.40.